The zero-order chi connectivity index (χ0) is 39.9. The van der Waals surface area contributed by atoms with E-state index in [2.05, 4.69) is 27.3 Å². The second-order valence-corrected chi connectivity index (χ2v) is 15.4. The monoisotopic (exact) mass is 765 g/mol. The van der Waals surface area contributed by atoms with Crippen molar-refractivity contribution in [2.24, 2.45) is 17.6 Å². The second-order valence-electron chi connectivity index (χ2n) is 15.4. The number of nitrogens with one attached hydrogen (secondary N) is 4. The molecule has 3 aromatic rings. The Bertz CT molecular complexity index is 1760. The van der Waals surface area contributed by atoms with Gasteiger partial charge in [0.05, 0.1) is 18.5 Å². The van der Waals surface area contributed by atoms with Crippen molar-refractivity contribution < 1.29 is 28.7 Å². The fourth-order valence-corrected chi connectivity index (χ4v) is 7.96. The molecule has 1 fully saturated rings. The number of fused-ring (bicyclic) bond motifs is 1. The molecule has 3 aromatic carbocycles. The quantitative estimate of drug-likeness (QED) is 0.112. The van der Waals surface area contributed by atoms with Gasteiger partial charge in [0.2, 0.25) is 23.6 Å². The lowest BCUT2D eigenvalue weighted by atomic mass is 9.83. The van der Waals surface area contributed by atoms with Gasteiger partial charge in [0.1, 0.15) is 12.6 Å². The molecule has 5 atom stereocenters. The van der Waals surface area contributed by atoms with Crippen LogP contribution in [-0.2, 0) is 54.6 Å². The van der Waals surface area contributed by atoms with Gasteiger partial charge in [-0.2, -0.15) is 0 Å². The van der Waals surface area contributed by atoms with Crippen LogP contribution in [0.5, 0.6) is 0 Å². The Morgan fingerprint density at radius 2 is 1.46 bits per heavy atom. The molecule has 2 aliphatic carbocycles. The average molecular weight is 766 g/mol. The summed E-state index contributed by atoms with van der Waals surface area (Å²) in [4.78, 5) is 67.7. The smallest absolute Gasteiger partial charge is 0.333 e. The van der Waals surface area contributed by atoms with Crippen molar-refractivity contribution in [3.05, 3.63) is 107 Å². The fraction of sp³-hybridized carbons (Fsp3) is 0.489. The van der Waals surface area contributed by atoms with Crippen LogP contribution in [0.3, 0.4) is 0 Å². The topological polar surface area (TPSA) is 169 Å². The molecule has 56 heavy (non-hydrogen) atoms. The number of aryl methyl sites for hydroxylation is 1. The Hall–Kier alpha value is -5.03. The van der Waals surface area contributed by atoms with E-state index in [1.807, 2.05) is 55.5 Å². The molecule has 11 nitrogen and oxygen atoms in total. The largest absolute Gasteiger partial charge is 0.459 e. The van der Waals surface area contributed by atoms with E-state index in [4.69, 9.17) is 10.5 Å². The first kappa shape index (κ1) is 42.1. The number of ether oxygens (including phenoxy) is 1. The van der Waals surface area contributed by atoms with Crippen LogP contribution in [0.2, 0.25) is 0 Å². The number of carbonyl (C=O) groups excluding carboxylic acids is 5. The van der Waals surface area contributed by atoms with Crippen molar-refractivity contribution in [2.45, 2.75) is 122 Å². The van der Waals surface area contributed by atoms with Crippen molar-refractivity contribution in [3.63, 3.8) is 0 Å². The number of nitrogens with two attached hydrogens (primary N) is 1. The van der Waals surface area contributed by atoms with E-state index < -0.39 is 47.9 Å². The molecule has 0 heterocycles. The van der Waals surface area contributed by atoms with E-state index in [9.17, 15) is 24.0 Å². The van der Waals surface area contributed by atoms with Crippen molar-refractivity contribution in [1.82, 2.24) is 21.3 Å². The van der Waals surface area contributed by atoms with Crippen LogP contribution in [0.15, 0.2) is 78.9 Å². The molecular weight excluding hydrogens is 707 g/mol. The number of rotatable bonds is 18. The molecule has 1 saturated carbocycles. The standard InChI is InChI=1S/C45H59N5O6/c1-3-16-37(30(2)42(52)47-28-39(51)50-41(34-22-11-6-12-23-34)45(55)56-29-31-17-7-4-8-18-31)48-43(53)38(49-44(54)40(46)33-20-9-5-10-21-33)27-35-25-15-24-32-19-13-14-26-36(32)35/h4,6-8,11-12,15,17-18,22-25,30,33,37-38,40-41H,3,5,9-10,13-14,16,19-21,26-29,46H2,1-2H3,(H,47,52)(H,48,53)(H,49,54)(H,50,51)/t30-,37?,38-,40-,41?/m0/s1. The number of hydrogen-bond donors (Lipinski definition) is 5. The van der Waals surface area contributed by atoms with E-state index in [-0.39, 0.29) is 30.9 Å². The molecule has 11 heteroatoms. The molecule has 0 spiro atoms. The molecule has 2 aliphatic rings. The summed E-state index contributed by atoms with van der Waals surface area (Å²) in [5.74, 6) is -2.97. The van der Waals surface area contributed by atoms with Crippen LogP contribution in [0, 0.1) is 11.8 Å². The number of esters is 1. The molecule has 300 valence electrons. The first-order chi connectivity index (χ1) is 27.1. The number of carbonyl (C=O) groups is 5. The molecule has 2 unspecified atom stereocenters. The lowest BCUT2D eigenvalue weighted by molar-refractivity contribution is -0.149. The molecule has 0 bridgehead atoms. The third kappa shape index (κ3) is 12.0. The minimum Gasteiger partial charge on any atom is -0.459 e. The normalized spacial score (nSPS) is 16.8. The number of hydrogen-bond acceptors (Lipinski definition) is 7. The highest BCUT2D eigenvalue weighted by atomic mass is 16.5. The SMILES string of the molecule is CCCC(NC(=O)[C@H](Cc1cccc2c1CCCC2)NC(=O)[C@@H](N)C1CCCCC1)[C@H](C)C(=O)NCC(=O)NC(C(=O)OCc1ccccc1)c1ccccc1. The van der Waals surface area contributed by atoms with Gasteiger partial charge in [-0.3, -0.25) is 19.2 Å². The van der Waals surface area contributed by atoms with E-state index in [1.165, 1.54) is 11.1 Å². The fourth-order valence-electron chi connectivity index (χ4n) is 7.96. The average Bonchev–Trinajstić information content (AvgIpc) is 3.23. The van der Waals surface area contributed by atoms with Gasteiger partial charge in [0.25, 0.3) is 0 Å². The van der Waals surface area contributed by atoms with E-state index in [0.717, 1.165) is 68.9 Å². The van der Waals surface area contributed by atoms with Crippen molar-refractivity contribution in [1.29, 1.82) is 0 Å². The maximum Gasteiger partial charge on any atom is 0.333 e. The highest BCUT2D eigenvalue weighted by molar-refractivity contribution is 5.92. The van der Waals surface area contributed by atoms with Gasteiger partial charge in [-0.05, 0) is 78.7 Å². The van der Waals surface area contributed by atoms with Crippen LogP contribution in [0.1, 0.15) is 105 Å². The predicted octanol–water partition coefficient (Wildman–Crippen LogP) is 5.14. The highest BCUT2D eigenvalue weighted by Gasteiger charge is 2.33. The van der Waals surface area contributed by atoms with Crippen molar-refractivity contribution >= 4 is 29.6 Å². The van der Waals surface area contributed by atoms with Gasteiger partial charge < -0.3 is 31.7 Å². The Morgan fingerprint density at radius 3 is 2.18 bits per heavy atom. The van der Waals surface area contributed by atoms with Gasteiger partial charge in [-0.25, -0.2) is 4.79 Å². The summed E-state index contributed by atoms with van der Waals surface area (Å²) < 4.78 is 5.54. The van der Waals surface area contributed by atoms with Gasteiger partial charge >= 0.3 is 5.97 Å². The zero-order valence-electron chi connectivity index (χ0n) is 32.9. The van der Waals surface area contributed by atoms with Gasteiger partial charge in [0.15, 0.2) is 6.04 Å². The summed E-state index contributed by atoms with van der Waals surface area (Å²) in [6.07, 6.45) is 10.6. The van der Waals surface area contributed by atoms with Crippen LogP contribution >= 0.6 is 0 Å². The van der Waals surface area contributed by atoms with Crippen LogP contribution < -0.4 is 27.0 Å². The van der Waals surface area contributed by atoms with Crippen LogP contribution in [-0.4, -0.2) is 54.3 Å². The summed E-state index contributed by atoms with van der Waals surface area (Å²) in [5, 5.41) is 11.5. The summed E-state index contributed by atoms with van der Waals surface area (Å²) in [6.45, 7) is 3.34. The molecule has 0 aliphatic heterocycles. The summed E-state index contributed by atoms with van der Waals surface area (Å²) >= 11 is 0. The van der Waals surface area contributed by atoms with E-state index in [1.54, 1.807) is 31.2 Å². The Kier molecular flexibility index (Phi) is 16.0. The Balaban J connectivity index is 1.23. The van der Waals surface area contributed by atoms with Crippen LogP contribution in [0.25, 0.3) is 0 Å². The van der Waals surface area contributed by atoms with Gasteiger partial charge in [-0.15, -0.1) is 0 Å². The molecule has 0 saturated heterocycles. The first-order valence-corrected chi connectivity index (χ1v) is 20.4. The third-order valence-electron chi connectivity index (χ3n) is 11.3. The molecule has 0 radical (unpaired) electrons. The molecule has 5 rings (SSSR count). The van der Waals surface area contributed by atoms with E-state index in [0.29, 0.717) is 24.8 Å². The Morgan fingerprint density at radius 1 is 0.768 bits per heavy atom. The molecule has 6 N–H and O–H groups in total. The lowest BCUT2D eigenvalue weighted by Gasteiger charge is -2.30. The summed E-state index contributed by atoms with van der Waals surface area (Å²) in [6, 6.07) is 21.0. The predicted molar refractivity (Wildman–Crippen MR) is 216 cm³/mol. The second kappa shape index (κ2) is 21.3. The number of benzene rings is 3. The zero-order valence-corrected chi connectivity index (χ0v) is 32.9. The Labute approximate surface area is 331 Å². The van der Waals surface area contributed by atoms with Gasteiger partial charge in [-0.1, -0.05) is 118 Å². The van der Waals surface area contributed by atoms with Crippen LogP contribution in [0.4, 0.5) is 0 Å². The van der Waals surface area contributed by atoms with Crippen molar-refractivity contribution in [3.8, 4) is 0 Å². The number of amides is 4. The summed E-state index contributed by atoms with van der Waals surface area (Å²) in [7, 11) is 0. The maximum atomic E-state index is 14.2. The maximum absolute atomic E-state index is 14.2. The molecule has 4 amide bonds. The minimum absolute atomic E-state index is 0.0447. The highest BCUT2D eigenvalue weighted by Crippen LogP contribution is 2.27. The van der Waals surface area contributed by atoms with Crippen molar-refractivity contribution in [2.75, 3.05) is 6.54 Å². The minimum atomic E-state index is -1.08. The lowest BCUT2D eigenvalue weighted by Crippen LogP contribution is -2.57. The van der Waals surface area contributed by atoms with Gasteiger partial charge in [0, 0.05) is 12.5 Å². The third-order valence-corrected chi connectivity index (χ3v) is 11.3. The van der Waals surface area contributed by atoms with E-state index >= 15 is 0 Å². The summed E-state index contributed by atoms with van der Waals surface area (Å²) in [5.41, 5.74) is 11.4. The first-order valence-electron chi connectivity index (χ1n) is 20.4. The molecular formula is C45H59N5O6. The molecule has 0 aromatic heterocycles.